The van der Waals surface area contributed by atoms with E-state index in [4.69, 9.17) is 10.2 Å². The van der Waals surface area contributed by atoms with Gasteiger partial charge in [-0.15, -0.1) is 0 Å². The summed E-state index contributed by atoms with van der Waals surface area (Å²) in [5.74, 6) is 0. The Hall–Kier alpha value is 1.02. The van der Waals surface area contributed by atoms with Gasteiger partial charge in [0.25, 0.3) is 0 Å². The predicted molar refractivity (Wildman–Crippen MR) is 28.0 cm³/mol. The van der Waals surface area contributed by atoms with Gasteiger partial charge in [-0.05, 0) is 6.42 Å². The number of rotatable bonds is 3. The molecule has 0 aliphatic carbocycles. The van der Waals surface area contributed by atoms with E-state index in [2.05, 4.69) is 0 Å². The van der Waals surface area contributed by atoms with Crippen molar-refractivity contribution in [3.05, 3.63) is 0 Å². The molecule has 1 radical (unpaired) electrons. The molecule has 0 saturated heterocycles. The minimum absolute atomic E-state index is 0. The van der Waals surface area contributed by atoms with E-state index in [0.717, 1.165) is 6.42 Å². The average molecular weight is 193 g/mol. The van der Waals surface area contributed by atoms with E-state index < -0.39 is 6.10 Å². The molecule has 0 aromatic rings. The maximum Gasteiger partial charge on any atom is 0.0770 e. The fraction of sp³-hybridized carbons (Fsp3) is 1.00. The van der Waals surface area contributed by atoms with Gasteiger partial charge < -0.3 is 10.2 Å². The van der Waals surface area contributed by atoms with Crippen LogP contribution in [0.15, 0.2) is 0 Å². The molecule has 1 unspecified atom stereocenters. The Morgan fingerprint density at radius 2 is 2.00 bits per heavy atom. The molecule has 1 atom stereocenters. The fourth-order valence-corrected chi connectivity index (χ4v) is 0.425. The predicted octanol–water partition coefficient (Wildman–Crippen LogP) is 0.137. The Labute approximate surface area is 75.2 Å². The first-order valence-electron chi connectivity index (χ1n) is 2.60. The van der Waals surface area contributed by atoms with Crippen LogP contribution in [0.5, 0.6) is 0 Å². The van der Waals surface area contributed by atoms with Crippen LogP contribution in [0.4, 0.5) is 0 Å². The van der Waals surface area contributed by atoms with E-state index in [1.807, 2.05) is 6.92 Å². The molecule has 0 spiro atoms. The summed E-state index contributed by atoms with van der Waals surface area (Å²) in [5.41, 5.74) is 0. The van der Waals surface area contributed by atoms with E-state index in [9.17, 15) is 0 Å². The van der Waals surface area contributed by atoms with Crippen LogP contribution < -0.4 is 0 Å². The SMILES string of the molecule is CCCC(O)CO.[Y]. The van der Waals surface area contributed by atoms with Gasteiger partial charge in [-0.2, -0.15) is 0 Å². The van der Waals surface area contributed by atoms with E-state index in [0.29, 0.717) is 6.42 Å². The summed E-state index contributed by atoms with van der Waals surface area (Å²) in [6, 6.07) is 0. The molecule has 0 amide bonds. The van der Waals surface area contributed by atoms with Crippen LogP contribution in [-0.4, -0.2) is 22.9 Å². The maximum absolute atomic E-state index is 8.61. The van der Waals surface area contributed by atoms with Crippen LogP contribution in [0, 0.1) is 0 Å². The quantitative estimate of drug-likeness (QED) is 0.669. The van der Waals surface area contributed by atoms with Gasteiger partial charge in [0.15, 0.2) is 0 Å². The number of hydrogen-bond donors (Lipinski definition) is 2. The van der Waals surface area contributed by atoms with Crippen molar-refractivity contribution >= 4 is 0 Å². The van der Waals surface area contributed by atoms with Crippen molar-refractivity contribution in [2.45, 2.75) is 25.9 Å². The van der Waals surface area contributed by atoms with E-state index in [-0.39, 0.29) is 39.3 Å². The number of hydrogen-bond acceptors (Lipinski definition) is 2. The Morgan fingerprint density at radius 1 is 1.50 bits per heavy atom. The van der Waals surface area contributed by atoms with Crippen LogP contribution in [0.25, 0.3) is 0 Å². The van der Waals surface area contributed by atoms with E-state index in [1.165, 1.54) is 0 Å². The van der Waals surface area contributed by atoms with E-state index in [1.54, 1.807) is 0 Å². The Kier molecular flexibility index (Phi) is 11.8. The molecular weight excluding hydrogens is 181 g/mol. The molecule has 8 heavy (non-hydrogen) atoms. The first-order chi connectivity index (χ1) is 3.31. The van der Waals surface area contributed by atoms with Crippen molar-refractivity contribution < 1.29 is 42.9 Å². The summed E-state index contributed by atoms with van der Waals surface area (Å²) in [6.07, 6.45) is 1.14. The van der Waals surface area contributed by atoms with Crippen molar-refractivity contribution in [3.63, 3.8) is 0 Å². The van der Waals surface area contributed by atoms with Gasteiger partial charge in [0.1, 0.15) is 0 Å². The zero-order valence-corrected chi connectivity index (χ0v) is 8.01. The first kappa shape index (κ1) is 11.8. The number of aliphatic hydroxyl groups excluding tert-OH is 2. The van der Waals surface area contributed by atoms with Crippen molar-refractivity contribution in [2.24, 2.45) is 0 Å². The third-order valence-electron chi connectivity index (χ3n) is 0.833. The van der Waals surface area contributed by atoms with E-state index >= 15 is 0 Å². The molecule has 0 aliphatic rings. The zero-order valence-electron chi connectivity index (χ0n) is 5.17. The second-order valence-electron chi connectivity index (χ2n) is 1.63. The monoisotopic (exact) mass is 193 g/mol. The summed E-state index contributed by atoms with van der Waals surface area (Å²) in [4.78, 5) is 0. The molecule has 3 heteroatoms. The van der Waals surface area contributed by atoms with Gasteiger partial charge in [0.05, 0.1) is 12.7 Å². The third-order valence-corrected chi connectivity index (χ3v) is 0.833. The molecule has 0 fully saturated rings. The standard InChI is InChI=1S/C5H12O2.Y/c1-2-3-5(7)4-6;/h5-7H,2-4H2,1H3;. The van der Waals surface area contributed by atoms with Gasteiger partial charge in [0.2, 0.25) is 0 Å². The second kappa shape index (κ2) is 8.02. The van der Waals surface area contributed by atoms with Crippen molar-refractivity contribution in [3.8, 4) is 0 Å². The first-order valence-corrected chi connectivity index (χ1v) is 2.60. The molecule has 0 saturated carbocycles. The third kappa shape index (κ3) is 7.02. The van der Waals surface area contributed by atoms with Gasteiger partial charge >= 0.3 is 0 Å². The average Bonchev–Trinajstić information content (AvgIpc) is 1.68. The van der Waals surface area contributed by atoms with Crippen LogP contribution in [0.2, 0.25) is 0 Å². The Bertz CT molecular complexity index is 41.4. The summed E-state index contributed by atoms with van der Waals surface area (Å²) in [5, 5.41) is 16.8. The second-order valence-corrected chi connectivity index (χ2v) is 1.63. The Balaban J connectivity index is 0. The minimum Gasteiger partial charge on any atom is -0.394 e. The summed E-state index contributed by atoms with van der Waals surface area (Å²) < 4.78 is 0. The summed E-state index contributed by atoms with van der Waals surface area (Å²) in [7, 11) is 0. The van der Waals surface area contributed by atoms with Gasteiger partial charge in [-0.1, -0.05) is 13.3 Å². The van der Waals surface area contributed by atoms with Gasteiger partial charge in [-0.25, -0.2) is 0 Å². The fourth-order valence-electron chi connectivity index (χ4n) is 0.425. The molecule has 0 aromatic heterocycles. The van der Waals surface area contributed by atoms with Crippen molar-refractivity contribution in [2.75, 3.05) is 6.61 Å². The zero-order chi connectivity index (χ0) is 5.70. The van der Waals surface area contributed by atoms with Gasteiger partial charge in [0, 0.05) is 32.7 Å². The summed E-state index contributed by atoms with van der Waals surface area (Å²) in [6.45, 7) is 1.87. The van der Waals surface area contributed by atoms with Crippen molar-refractivity contribution in [1.82, 2.24) is 0 Å². The molecule has 0 heterocycles. The molecule has 2 N–H and O–H groups in total. The molecule has 2 nitrogen and oxygen atoms in total. The van der Waals surface area contributed by atoms with Crippen LogP contribution in [-0.2, 0) is 32.7 Å². The molecular formula is C5H12O2Y. The molecule has 0 aromatic carbocycles. The molecule has 47 valence electrons. The van der Waals surface area contributed by atoms with Crippen molar-refractivity contribution in [1.29, 1.82) is 0 Å². The molecule has 0 aliphatic heterocycles. The largest absolute Gasteiger partial charge is 0.394 e. The van der Waals surface area contributed by atoms with Crippen LogP contribution >= 0.6 is 0 Å². The van der Waals surface area contributed by atoms with Gasteiger partial charge in [-0.3, -0.25) is 0 Å². The smallest absolute Gasteiger partial charge is 0.0770 e. The van der Waals surface area contributed by atoms with Crippen LogP contribution in [0.3, 0.4) is 0 Å². The maximum atomic E-state index is 8.61. The Morgan fingerprint density at radius 3 is 2.12 bits per heavy atom. The molecule has 0 bridgehead atoms. The molecule has 0 rings (SSSR count). The van der Waals surface area contributed by atoms with Crippen LogP contribution in [0.1, 0.15) is 19.8 Å². The topological polar surface area (TPSA) is 40.5 Å². The summed E-state index contributed by atoms with van der Waals surface area (Å²) >= 11 is 0. The number of aliphatic hydroxyl groups is 2. The normalized spacial score (nSPS) is 12.4. The minimum atomic E-state index is -0.495.